The third kappa shape index (κ3) is 3.03. The van der Waals surface area contributed by atoms with Gasteiger partial charge < -0.3 is 0 Å². The van der Waals surface area contributed by atoms with Crippen LogP contribution in [0.1, 0.15) is 41.2 Å². The third-order valence-electron chi connectivity index (χ3n) is 4.23. The summed E-state index contributed by atoms with van der Waals surface area (Å²) < 4.78 is 25.4. The molecule has 126 valence electrons. The van der Waals surface area contributed by atoms with Crippen molar-refractivity contribution in [3.63, 3.8) is 0 Å². The lowest BCUT2D eigenvalue weighted by atomic mass is 10.2. The van der Waals surface area contributed by atoms with Crippen molar-refractivity contribution in [2.45, 2.75) is 25.2 Å². The van der Waals surface area contributed by atoms with Crippen LogP contribution in [0.4, 0.5) is 10.8 Å². The molecular formula is C16H17N3O3S2. The predicted molar refractivity (Wildman–Crippen MR) is 94.2 cm³/mol. The number of hydrogen-bond donors (Lipinski definition) is 1. The molecule has 0 unspecified atom stereocenters. The van der Waals surface area contributed by atoms with E-state index in [9.17, 15) is 13.2 Å². The molecule has 2 aromatic rings. The zero-order chi connectivity index (χ0) is 16.7. The molecule has 1 amide bonds. The van der Waals surface area contributed by atoms with Crippen LogP contribution >= 0.6 is 11.3 Å². The highest BCUT2D eigenvalue weighted by Gasteiger charge is 2.29. The van der Waals surface area contributed by atoms with Gasteiger partial charge in [-0.3, -0.25) is 14.4 Å². The van der Waals surface area contributed by atoms with Crippen molar-refractivity contribution >= 4 is 38.1 Å². The number of carbonyl (C=O) groups is 1. The summed E-state index contributed by atoms with van der Waals surface area (Å²) in [6, 6.07) is 6.72. The van der Waals surface area contributed by atoms with Gasteiger partial charge in [0.25, 0.3) is 5.91 Å². The minimum absolute atomic E-state index is 0.159. The van der Waals surface area contributed by atoms with E-state index in [4.69, 9.17) is 0 Å². The van der Waals surface area contributed by atoms with Gasteiger partial charge in [0, 0.05) is 23.4 Å². The van der Waals surface area contributed by atoms with E-state index in [1.165, 1.54) is 28.5 Å². The fourth-order valence-electron chi connectivity index (χ4n) is 2.81. The summed E-state index contributed by atoms with van der Waals surface area (Å²) >= 11 is 1.42. The second kappa shape index (κ2) is 5.86. The van der Waals surface area contributed by atoms with Crippen LogP contribution in [0.5, 0.6) is 0 Å². The Balaban J connectivity index is 1.52. The molecule has 24 heavy (non-hydrogen) atoms. The first-order valence-electron chi connectivity index (χ1n) is 7.90. The number of aromatic nitrogens is 1. The smallest absolute Gasteiger partial charge is 0.257 e. The summed E-state index contributed by atoms with van der Waals surface area (Å²) in [7, 11) is -3.25. The maximum atomic E-state index is 12.4. The standard InChI is InChI=1S/C16H17N3O3S2/c20-15(18-16-17-14(10-23-16)11-5-6-11)12-3-1-4-13(9-12)19-7-2-8-24(19,21)22/h1,3-4,9-11H,2,5-8H2,(H,17,18,20). The van der Waals surface area contributed by atoms with Crippen molar-refractivity contribution < 1.29 is 13.2 Å². The number of nitrogens with zero attached hydrogens (tertiary/aromatic N) is 2. The van der Waals surface area contributed by atoms with Gasteiger partial charge in [0.05, 0.1) is 17.1 Å². The Morgan fingerprint density at radius 2 is 2.17 bits per heavy atom. The number of carbonyl (C=O) groups excluding carboxylic acids is 1. The normalized spacial score (nSPS) is 19.4. The van der Waals surface area contributed by atoms with Crippen molar-refractivity contribution in [2.24, 2.45) is 0 Å². The van der Waals surface area contributed by atoms with Gasteiger partial charge in [-0.05, 0) is 37.5 Å². The average Bonchev–Trinajstić information content (AvgIpc) is 3.21. The van der Waals surface area contributed by atoms with Gasteiger partial charge in [-0.1, -0.05) is 6.07 Å². The molecule has 1 saturated heterocycles. The first-order chi connectivity index (χ1) is 11.5. The summed E-state index contributed by atoms with van der Waals surface area (Å²) in [5.74, 6) is 0.438. The lowest BCUT2D eigenvalue weighted by molar-refractivity contribution is 0.102. The highest BCUT2D eigenvalue weighted by Crippen LogP contribution is 2.40. The number of anilines is 2. The highest BCUT2D eigenvalue weighted by molar-refractivity contribution is 7.93. The van der Waals surface area contributed by atoms with Crippen LogP contribution < -0.4 is 9.62 Å². The van der Waals surface area contributed by atoms with E-state index in [0.29, 0.717) is 35.3 Å². The van der Waals surface area contributed by atoms with Gasteiger partial charge in [-0.25, -0.2) is 13.4 Å². The summed E-state index contributed by atoms with van der Waals surface area (Å²) in [4.78, 5) is 16.9. The van der Waals surface area contributed by atoms with Crippen molar-refractivity contribution in [3.8, 4) is 0 Å². The first kappa shape index (κ1) is 15.6. The van der Waals surface area contributed by atoms with Gasteiger partial charge in [0.15, 0.2) is 5.13 Å². The molecule has 0 spiro atoms. The largest absolute Gasteiger partial charge is 0.298 e. The van der Waals surface area contributed by atoms with E-state index < -0.39 is 10.0 Å². The van der Waals surface area contributed by atoms with E-state index in [1.807, 2.05) is 5.38 Å². The molecule has 1 N–H and O–H groups in total. The summed E-state index contributed by atoms with van der Waals surface area (Å²) in [6.07, 6.45) is 2.95. The molecular weight excluding hydrogens is 346 g/mol. The maximum absolute atomic E-state index is 12.4. The molecule has 2 fully saturated rings. The molecule has 1 aromatic heterocycles. The Hall–Kier alpha value is -1.93. The van der Waals surface area contributed by atoms with Gasteiger partial charge in [-0.2, -0.15) is 0 Å². The second-order valence-electron chi connectivity index (χ2n) is 6.10. The van der Waals surface area contributed by atoms with E-state index in [1.54, 1.807) is 24.3 Å². The third-order valence-corrected chi connectivity index (χ3v) is 6.88. The summed E-state index contributed by atoms with van der Waals surface area (Å²) in [5.41, 5.74) is 2.02. The van der Waals surface area contributed by atoms with Crippen molar-refractivity contribution in [1.29, 1.82) is 0 Å². The number of nitrogens with one attached hydrogen (secondary N) is 1. The number of rotatable bonds is 4. The Kier molecular flexibility index (Phi) is 3.80. The lowest BCUT2D eigenvalue weighted by Crippen LogP contribution is -2.25. The highest BCUT2D eigenvalue weighted by atomic mass is 32.2. The molecule has 0 atom stereocenters. The Morgan fingerprint density at radius 1 is 1.33 bits per heavy atom. The Bertz CT molecular complexity index is 887. The monoisotopic (exact) mass is 363 g/mol. The van der Waals surface area contributed by atoms with Crippen LogP contribution in [0.3, 0.4) is 0 Å². The van der Waals surface area contributed by atoms with Crippen LogP contribution in [0.2, 0.25) is 0 Å². The fourth-order valence-corrected chi connectivity index (χ4v) is 5.15. The van der Waals surface area contributed by atoms with Crippen LogP contribution in [0.15, 0.2) is 29.6 Å². The number of benzene rings is 1. The van der Waals surface area contributed by atoms with Crippen LogP contribution in [-0.2, 0) is 10.0 Å². The molecule has 4 rings (SSSR count). The van der Waals surface area contributed by atoms with Crippen molar-refractivity contribution in [2.75, 3.05) is 21.9 Å². The van der Waals surface area contributed by atoms with E-state index in [0.717, 1.165) is 5.69 Å². The number of hydrogen-bond acceptors (Lipinski definition) is 5. The molecule has 1 saturated carbocycles. The Labute approximate surface area is 144 Å². The van der Waals surface area contributed by atoms with Gasteiger partial charge in [0.1, 0.15) is 0 Å². The number of thiazole rings is 1. The molecule has 0 bridgehead atoms. The van der Waals surface area contributed by atoms with E-state index >= 15 is 0 Å². The zero-order valence-corrected chi connectivity index (χ0v) is 14.6. The van der Waals surface area contributed by atoms with Crippen LogP contribution in [0.25, 0.3) is 0 Å². The van der Waals surface area contributed by atoms with Gasteiger partial charge in [-0.15, -0.1) is 11.3 Å². The van der Waals surface area contributed by atoms with Gasteiger partial charge >= 0.3 is 0 Å². The molecule has 8 heteroatoms. The number of amides is 1. The predicted octanol–water partition coefficient (Wildman–Crippen LogP) is 2.81. The summed E-state index contributed by atoms with van der Waals surface area (Å²) in [6.45, 7) is 0.463. The fraction of sp³-hybridized carbons (Fsp3) is 0.375. The Morgan fingerprint density at radius 3 is 2.88 bits per heavy atom. The molecule has 2 heterocycles. The van der Waals surface area contributed by atoms with Crippen LogP contribution in [-0.4, -0.2) is 31.6 Å². The molecule has 1 aliphatic heterocycles. The van der Waals surface area contributed by atoms with E-state index in [-0.39, 0.29) is 11.7 Å². The lowest BCUT2D eigenvalue weighted by Gasteiger charge is -2.17. The minimum Gasteiger partial charge on any atom is -0.298 e. The number of sulfonamides is 1. The van der Waals surface area contributed by atoms with Gasteiger partial charge in [0.2, 0.25) is 10.0 Å². The van der Waals surface area contributed by atoms with Crippen molar-refractivity contribution in [3.05, 3.63) is 40.9 Å². The quantitative estimate of drug-likeness (QED) is 0.906. The molecule has 6 nitrogen and oxygen atoms in total. The van der Waals surface area contributed by atoms with Crippen molar-refractivity contribution in [1.82, 2.24) is 4.98 Å². The summed E-state index contributed by atoms with van der Waals surface area (Å²) in [5, 5.41) is 5.37. The molecule has 1 aromatic carbocycles. The zero-order valence-electron chi connectivity index (χ0n) is 12.9. The maximum Gasteiger partial charge on any atom is 0.257 e. The topological polar surface area (TPSA) is 79.4 Å². The second-order valence-corrected chi connectivity index (χ2v) is 8.97. The van der Waals surface area contributed by atoms with E-state index in [2.05, 4.69) is 10.3 Å². The molecule has 2 aliphatic rings. The van der Waals surface area contributed by atoms with Crippen LogP contribution in [0, 0.1) is 0 Å². The first-order valence-corrected chi connectivity index (χ1v) is 10.4. The minimum atomic E-state index is -3.25. The average molecular weight is 363 g/mol. The SMILES string of the molecule is O=C(Nc1nc(C2CC2)cs1)c1cccc(N2CCCS2(=O)=O)c1. The molecule has 0 radical (unpaired) electrons. The molecule has 1 aliphatic carbocycles.